The van der Waals surface area contributed by atoms with Crippen LogP contribution >= 0.6 is 27.5 Å². The first-order chi connectivity index (χ1) is 11.4. The van der Waals surface area contributed by atoms with Crippen LogP contribution in [0.25, 0.3) is 0 Å². The molecule has 0 saturated carbocycles. The van der Waals surface area contributed by atoms with Gasteiger partial charge in [-0.15, -0.1) is 0 Å². The lowest BCUT2D eigenvalue weighted by atomic mass is 10.2. The van der Waals surface area contributed by atoms with Crippen molar-refractivity contribution in [1.29, 1.82) is 0 Å². The topological polar surface area (TPSA) is 64.6 Å². The molecule has 0 radical (unpaired) electrons. The fraction of sp³-hybridized carbons (Fsp3) is 0.176. The molecule has 0 aliphatic rings. The number of rotatable bonds is 6. The first kappa shape index (κ1) is 18.3. The zero-order valence-electron chi connectivity index (χ0n) is 13.0. The number of carbonyl (C=O) groups excluding carboxylic acids is 2. The normalized spacial score (nSPS) is 11.5. The van der Waals surface area contributed by atoms with Crippen LogP contribution in [-0.2, 0) is 4.79 Å². The summed E-state index contributed by atoms with van der Waals surface area (Å²) in [6.07, 6.45) is -0.119. The number of aldehydes is 1. The number of hydrogen-bond donors (Lipinski definition) is 1. The SMILES string of the molecule is COc1cc(Br)c(C=O)cc1O[C@H](C)C(=O)Nc1cccc(Cl)c1. The van der Waals surface area contributed by atoms with Crippen LogP contribution in [0.4, 0.5) is 5.69 Å². The van der Waals surface area contributed by atoms with Crippen LogP contribution in [0.1, 0.15) is 17.3 Å². The van der Waals surface area contributed by atoms with E-state index in [0.717, 1.165) is 0 Å². The Balaban J connectivity index is 2.15. The zero-order chi connectivity index (χ0) is 17.7. The van der Waals surface area contributed by atoms with Gasteiger partial charge in [0.05, 0.1) is 7.11 Å². The number of ether oxygens (including phenoxy) is 2. The van der Waals surface area contributed by atoms with Crippen molar-refractivity contribution in [3.8, 4) is 11.5 Å². The van der Waals surface area contributed by atoms with Crippen LogP contribution in [-0.4, -0.2) is 25.4 Å². The van der Waals surface area contributed by atoms with Gasteiger partial charge in [-0.05, 0) is 53.2 Å². The largest absolute Gasteiger partial charge is 0.493 e. The van der Waals surface area contributed by atoms with E-state index in [1.807, 2.05) is 0 Å². The molecule has 2 aromatic rings. The highest BCUT2D eigenvalue weighted by atomic mass is 79.9. The quantitative estimate of drug-likeness (QED) is 0.717. The lowest BCUT2D eigenvalue weighted by molar-refractivity contribution is -0.122. The fourth-order valence-corrected chi connectivity index (χ4v) is 2.55. The maximum absolute atomic E-state index is 12.3. The molecule has 0 fully saturated rings. The Bertz CT molecular complexity index is 766. The molecule has 0 aromatic heterocycles. The summed E-state index contributed by atoms with van der Waals surface area (Å²) >= 11 is 9.16. The minimum atomic E-state index is -0.807. The van der Waals surface area contributed by atoms with Crippen LogP contribution in [0, 0.1) is 0 Å². The number of amides is 1. The lowest BCUT2D eigenvalue weighted by Gasteiger charge is -2.17. The third-order valence-electron chi connectivity index (χ3n) is 3.18. The molecule has 0 saturated heterocycles. The van der Waals surface area contributed by atoms with Gasteiger partial charge in [0.2, 0.25) is 0 Å². The van der Waals surface area contributed by atoms with Gasteiger partial charge in [-0.25, -0.2) is 0 Å². The van der Waals surface area contributed by atoms with Crippen molar-refractivity contribution >= 4 is 45.4 Å². The highest BCUT2D eigenvalue weighted by Gasteiger charge is 2.18. The number of nitrogens with one attached hydrogen (secondary N) is 1. The van der Waals surface area contributed by atoms with Crippen LogP contribution in [0.15, 0.2) is 40.9 Å². The Morgan fingerprint density at radius 1 is 1.29 bits per heavy atom. The molecule has 0 aliphatic carbocycles. The summed E-state index contributed by atoms with van der Waals surface area (Å²) in [5.74, 6) is 0.362. The number of anilines is 1. The van der Waals surface area contributed by atoms with Crippen molar-refractivity contribution in [2.24, 2.45) is 0 Å². The van der Waals surface area contributed by atoms with Gasteiger partial charge in [0, 0.05) is 20.7 Å². The van der Waals surface area contributed by atoms with E-state index in [-0.39, 0.29) is 5.91 Å². The molecule has 1 atom stereocenters. The Labute approximate surface area is 153 Å². The Kier molecular flexibility index (Phi) is 6.23. The summed E-state index contributed by atoms with van der Waals surface area (Å²) in [5, 5.41) is 3.23. The summed E-state index contributed by atoms with van der Waals surface area (Å²) in [7, 11) is 1.48. The molecule has 7 heteroatoms. The summed E-state index contributed by atoms with van der Waals surface area (Å²) in [4.78, 5) is 23.3. The molecule has 0 spiro atoms. The molecule has 2 rings (SSSR count). The van der Waals surface area contributed by atoms with Crippen molar-refractivity contribution in [2.45, 2.75) is 13.0 Å². The van der Waals surface area contributed by atoms with E-state index in [9.17, 15) is 9.59 Å². The van der Waals surface area contributed by atoms with E-state index in [1.165, 1.54) is 13.2 Å². The second-order valence-corrected chi connectivity index (χ2v) is 6.19. The number of carbonyl (C=O) groups is 2. The second kappa shape index (κ2) is 8.17. The van der Waals surface area contributed by atoms with Crippen LogP contribution < -0.4 is 14.8 Å². The minimum absolute atomic E-state index is 0.302. The van der Waals surface area contributed by atoms with Gasteiger partial charge in [-0.2, -0.15) is 0 Å². The maximum Gasteiger partial charge on any atom is 0.265 e. The molecule has 2 aromatic carbocycles. The molecule has 0 heterocycles. The van der Waals surface area contributed by atoms with Gasteiger partial charge in [0.25, 0.3) is 5.91 Å². The minimum Gasteiger partial charge on any atom is -0.493 e. The molecule has 24 heavy (non-hydrogen) atoms. The monoisotopic (exact) mass is 411 g/mol. The van der Waals surface area contributed by atoms with Gasteiger partial charge in [0.15, 0.2) is 23.9 Å². The first-order valence-electron chi connectivity index (χ1n) is 7.00. The van der Waals surface area contributed by atoms with E-state index in [2.05, 4.69) is 21.2 Å². The Hall–Kier alpha value is -2.05. The molecule has 0 bridgehead atoms. The second-order valence-electron chi connectivity index (χ2n) is 4.90. The predicted octanol–water partition coefficient (Wildman–Crippen LogP) is 4.33. The van der Waals surface area contributed by atoms with E-state index < -0.39 is 6.10 Å². The smallest absolute Gasteiger partial charge is 0.265 e. The van der Waals surface area contributed by atoms with Gasteiger partial charge in [-0.1, -0.05) is 17.7 Å². The lowest BCUT2D eigenvalue weighted by Crippen LogP contribution is -2.30. The molecule has 5 nitrogen and oxygen atoms in total. The van der Waals surface area contributed by atoms with E-state index in [1.54, 1.807) is 37.3 Å². The van der Waals surface area contributed by atoms with Crippen molar-refractivity contribution in [1.82, 2.24) is 0 Å². The average molecular weight is 413 g/mol. The van der Waals surface area contributed by atoms with Crippen molar-refractivity contribution in [2.75, 3.05) is 12.4 Å². The number of methoxy groups -OCH3 is 1. The van der Waals surface area contributed by atoms with E-state index in [0.29, 0.717) is 38.5 Å². The summed E-state index contributed by atoms with van der Waals surface area (Å²) in [6.45, 7) is 1.60. The van der Waals surface area contributed by atoms with Crippen LogP contribution in [0.3, 0.4) is 0 Å². The van der Waals surface area contributed by atoms with E-state index >= 15 is 0 Å². The standard InChI is InChI=1S/C17H15BrClNO4/c1-10(17(22)20-13-5-3-4-12(19)7-13)24-16-6-11(9-21)14(18)8-15(16)23-2/h3-10H,1-2H3,(H,20,22)/t10-/m1/s1. The van der Waals surface area contributed by atoms with Gasteiger partial charge in [0.1, 0.15) is 0 Å². The molecule has 0 aliphatic heterocycles. The third kappa shape index (κ3) is 4.49. The van der Waals surface area contributed by atoms with Crippen LogP contribution in [0.2, 0.25) is 5.02 Å². The third-order valence-corrected chi connectivity index (χ3v) is 4.10. The van der Waals surface area contributed by atoms with Crippen molar-refractivity contribution < 1.29 is 19.1 Å². The maximum atomic E-state index is 12.3. The molecule has 1 amide bonds. The van der Waals surface area contributed by atoms with E-state index in [4.69, 9.17) is 21.1 Å². The first-order valence-corrected chi connectivity index (χ1v) is 8.17. The van der Waals surface area contributed by atoms with Crippen LogP contribution in [0.5, 0.6) is 11.5 Å². The molecular weight excluding hydrogens is 398 g/mol. The van der Waals surface area contributed by atoms with Gasteiger partial charge in [-0.3, -0.25) is 9.59 Å². The van der Waals surface area contributed by atoms with Crippen molar-refractivity contribution in [3.05, 3.63) is 51.5 Å². The summed E-state index contributed by atoms with van der Waals surface area (Å²) in [6, 6.07) is 9.93. The van der Waals surface area contributed by atoms with Crippen molar-refractivity contribution in [3.63, 3.8) is 0 Å². The number of hydrogen-bond acceptors (Lipinski definition) is 4. The summed E-state index contributed by atoms with van der Waals surface area (Å²) in [5.41, 5.74) is 0.965. The highest BCUT2D eigenvalue weighted by molar-refractivity contribution is 9.10. The number of benzene rings is 2. The Morgan fingerprint density at radius 3 is 2.67 bits per heavy atom. The van der Waals surface area contributed by atoms with Gasteiger partial charge < -0.3 is 14.8 Å². The Morgan fingerprint density at radius 2 is 2.04 bits per heavy atom. The zero-order valence-corrected chi connectivity index (χ0v) is 15.3. The predicted molar refractivity (Wildman–Crippen MR) is 96.3 cm³/mol. The molecular formula is C17H15BrClNO4. The fourth-order valence-electron chi connectivity index (χ4n) is 1.95. The molecule has 126 valence electrons. The molecule has 0 unspecified atom stereocenters. The number of halogens is 2. The summed E-state index contributed by atoms with van der Waals surface area (Å²) < 4.78 is 11.4. The highest BCUT2D eigenvalue weighted by Crippen LogP contribution is 2.33. The van der Waals surface area contributed by atoms with Gasteiger partial charge >= 0.3 is 0 Å². The molecule has 1 N–H and O–H groups in total. The average Bonchev–Trinajstić information content (AvgIpc) is 2.55.